The third kappa shape index (κ3) is 2.65. The topological polar surface area (TPSA) is 22.8 Å². The van der Waals surface area contributed by atoms with Crippen LogP contribution in [-0.2, 0) is 13.1 Å². The highest BCUT2D eigenvalue weighted by molar-refractivity contribution is 14.1. The van der Waals surface area contributed by atoms with E-state index >= 15 is 0 Å². The van der Waals surface area contributed by atoms with Crippen molar-refractivity contribution in [1.29, 1.82) is 0 Å². The van der Waals surface area contributed by atoms with Gasteiger partial charge in [0.2, 0.25) is 0 Å². The van der Waals surface area contributed by atoms with Gasteiger partial charge in [0.25, 0.3) is 0 Å². The van der Waals surface area contributed by atoms with E-state index in [2.05, 4.69) is 87.2 Å². The number of halogens is 1. The molecule has 0 aliphatic carbocycles. The number of benzene rings is 2. The van der Waals surface area contributed by atoms with Gasteiger partial charge in [-0.2, -0.15) is 0 Å². The van der Waals surface area contributed by atoms with E-state index in [9.17, 15) is 0 Å². The third-order valence-electron chi connectivity index (χ3n) is 5.76. The number of unbranched alkanes of at least 4 members (excludes halogenated alkanes) is 1. The van der Waals surface area contributed by atoms with Crippen molar-refractivity contribution in [1.82, 2.24) is 14.1 Å². The SMILES string of the molecule is CCCCn1c2ccccc2c2ccc3c(c4cccnc4n3CCCI)c21. The summed E-state index contributed by atoms with van der Waals surface area (Å²) in [6.07, 6.45) is 5.47. The van der Waals surface area contributed by atoms with Gasteiger partial charge in [0, 0.05) is 50.8 Å². The summed E-state index contributed by atoms with van der Waals surface area (Å²) in [4.78, 5) is 4.78. The lowest BCUT2D eigenvalue weighted by atomic mass is 10.1. The smallest absolute Gasteiger partial charge is 0.141 e. The van der Waals surface area contributed by atoms with Crippen LogP contribution in [0.4, 0.5) is 0 Å². The van der Waals surface area contributed by atoms with Crippen LogP contribution in [-0.4, -0.2) is 18.5 Å². The lowest BCUT2D eigenvalue weighted by Gasteiger charge is -2.08. The van der Waals surface area contributed by atoms with Crippen molar-refractivity contribution in [3.8, 4) is 0 Å². The van der Waals surface area contributed by atoms with Gasteiger partial charge in [-0.3, -0.25) is 0 Å². The normalized spacial score (nSPS) is 12.1. The van der Waals surface area contributed by atoms with Crippen LogP contribution in [0.2, 0.25) is 0 Å². The first-order valence-electron chi connectivity index (χ1n) is 10.2. The Hall–Kier alpha value is -2.08. The Morgan fingerprint density at radius 1 is 0.821 bits per heavy atom. The maximum Gasteiger partial charge on any atom is 0.141 e. The molecule has 0 aliphatic heterocycles. The first kappa shape index (κ1) is 18.0. The van der Waals surface area contributed by atoms with Crippen molar-refractivity contribution in [2.24, 2.45) is 0 Å². The Morgan fingerprint density at radius 2 is 1.64 bits per heavy atom. The van der Waals surface area contributed by atoms with Crippen molar-refractivity contribution in [2.45, 2.75) is 39.3 Å². The molecule has 3 aromatic heterocycles. The highest BCUT2D eigenvalue weighted by Crippen LogP contribution is 2.39. The van der Waals surface area contributed by atoms with Crippen LogP contribution >= 0.6 is 22.6 Å². The molecule has 0 unspecified atom stereocenters. The van der Waals surface area contributed by atoms with Crippen LogP contribution in [0.3, 0.4) is 0 Å². The predicted molar refractivity (Wildman–Crippen MR) is 129 cm³/mol. The predicted octanol–water partition coefficient (Wildman–Crippen LogP) is 6.92. The number of alkyl halides is 1. The lowest BCUT2D eigenvalue weighted by molar-refractivity contribution is 0.666. The van der Waals surface area contributed by atoms with E-state index in [-0.39, 0.29) is 0 Å². The number of hydrogen-bond acceptors (Lipinski definition) is 1. The zero-order valence-corrected chi connectivity index (χ0v) is 18.3. The summed E-state index contributed by atoms with van der Waals surface area (Å²) in [5.41, 5.74) is 5.14. The third-order valence-corrected chi connectivity index (χ3v) is 6.53. The molecule has 0 spiro atoms. The van der Waals surface area contributed by atoms with Crippen LogP contribution < -0.4 is 0 Å². The Bertz CT molecular complexity index is 1300. The minimum absolute atomic E-state index is 1.01. The van der Waals surface area contributed by atoms with E-state index in [0.717, 1.165) is 29.6 Å². The molecule has 3 nitrogen and oxygen atoms in total. The Labute approximate surface area is 178 Å². The number of rotatable bonds is 6. The molecule has 142 valence electrons. The van der Waals surface area contributed by atoms with Crippen LogP contribution in [0.15, 0.2) is 54.7 Å². The molecule has 5 aromatic rings. The Kier molecular flexibility index (Phi) is 4.75. The molecule has 0 saturated heterocycles. The molecule has 2 aromatic carbocycles. The summed E-state index contributed by atoms with van der Waals surface area (Å²) in [5.74, 6) is 0. The zero-order valence-electron chi connectivity index (χ0n) is 16.2. The molecular formula is C24H24IN3. The van der Waals surface area contributed by atoms with Crippen molar-refractivity contribution in [3.63, 3.8) is 0 Å². The summed E-state index contributed by atoms with van der Waals surface area (Å²) in [6, 6.07) is 17.8. The average Bonchev–Trinajstić information content (AvgIpc) is 3.23. The minimum atomic E-state index is 1.01. The van der Waals surface area contributed by atoms with E-state index in [1.165, 1.54) is 50.9 Å². The van der Waals surface area contributed by atoms with Crippen LogP contribution in [0, 0.1) is 0 Å². The van der Waals surface area contributed by atoms with E-state index in [1.54, 1.807) is 0 Å². The number of hydrogen-bond donors (Lipinski definition) is 0. The van der Waals surface area contributed by atoms with E-state index in [1.807, 2.05) is 6.20 Å². The van der Waals surface area contributed by atoms with Gasteiger partial charge in [-0.25, -0.2) is 4.98 Å². The number of fused-ring (bicyclic) bond motifs is 7. The second kappa shape index (κ2) is 7.39. The van der Waals surface area contributed by atoms with E-state index in [4.69, 9.17) is 4.98 Å². The Balaban J connectivity index is 1.96. The number of pyridine rings is 1. The molecular weight excluding hydrogens is 457 g/mol. The van der Waals surface area contributed by atoms with Gasteiger partial charge in [-0.15, -0.1) is 0 Å². The zero-order chi connectivity index (χ0) is 19.1. The van der Waals surface area contributed by atoms with Gasteiger partial charge in [-0.05, 0) is 37.1 Å². The van der Waals surface area contributed by atoms with Crippen LogP contribution in [0.5, 0.6) is 0 Å². The monoisotopic (exact) mass is 481 g/mol. The minimum Gasteiger partial charge on any atom is -0.340 e. The van der Waals surface area contributed by atoms with Gasteiger partial charge >= 0.3 is 0 Å². The lowest BCUT2D eigenvalue weighted by Crippen LogP contribution is -1.99. The summed E-state index contributed by atoms with van der Waals surface area (Å²) in [6.45, 7) is 4.34. The molecule has 5 rings (SSSR count). The highest BCUT2D eigenvalue weighted by Gasteiger charge is 2.19. The van der Waals surface area contributed by atoms with Gasteiger partial charge in [0.15, 0.2) is 0 Å². The number of aromatic nitrogens is 3. The standard InChI is InChI=1S/C24H24IN3/c1-2-3-15-27-20-10-5-4-8-17(20)18-11-12-21-22(23(18)27)19-9-6-14-26-24(19)28(21)16-7-13-25/h4-6,8-12,14H,2-3,7,13,15-16H2,1H3. The second-order valence-electron chi connectivity index (χ2n) is 7.45. The van der Waals surface area contributed by atoms with Gasteiger partial charge in [0.05, 0.1) is 11.0 Å². The number of aryl methyl sites for hydroxylation is 2. The summed E-state index contributed by atoms with van der Waals surface area (Å²) in [5, 5.41) is 5.35. The van der Waals surface area contributed by atoms with Crippen LogP contribution in [0.25, 0.3) is 43.7 Å². The fourth-order valence-electron chi connectivity index (χ4n) is 4.54. The maximum atomic E-state index is 4.78. The van der Waals surface area contributed by atoms with E-state index < -0.39 is 0 Å². The molecule has 0 aliphatic rings. The quantitative estimate of drug-likeness (QED) is 0.191. The van der Waals surface area contributed by atoms with Crippen molar-refractivity contribution >= 4 is 66.3 Å². The highest BCUT2D eigenvalue weighted by atomic mass is 127. The second-order valence-corrected chi connectivity index (χ2v) is 8.53. The average molecular weight is 481 g/mol. The number of para-hydroxylation sites is 1. The summed E-state index contributed by atoms with van der Waals surface area (Å²) >= 11 is 2.47. The van der Waals surface area contributed by atoms with Crippen molar-refractivity contribution < 1.29 is 0 Å². The van der Waals surface area contributed by atoms with Crippen molar-refractivity contribution in [3.05, 3.63) is 54.7 Å². The molecule has 0 radical (unpaired) electrons. The molecule has 0 saturated carbocycles. The first-order chi connectivity index (χ1) is 13.8. The van der Waals surface area contributed by atoms with Crippen LogP contribution in [0.1, 0.15) is 26.2 Å². The maximum absolute atomic E-state index is 4.78. The number of nitrogens with zero attached hydrogens (tertiary/aromatic N) is 3. The molecule has 28 heavy (non-hydrogen) atoms. The molecule has 4 heteroatoms. The fourth-order valence-corrected chi connectivity index (χ4v) is 4.88. The molecule has 0 N–H and O–H groups in total. The fraction of sp³-hybridized carbons (Fsp3) is 0.292. The Morgan fingerprint density at radius 3 is 2.50 bits per heavy atom. The van der Waals surface area contributed by atoms with E-state index in [0.29, 0.717) is 0 Å². The molecule has 0 fully saturated rings. The first-order valence-corrected chi connectivity index (χ1v) is 11.7. The van der Waals surface area contributed by atoms with Gasteiger partial charge in [0.1, 0.15) is 5.65 Å². The molecule has 0 bridgehead atoms. The summed E-state index contributed by atoms with van der Waals surface area (Å²) in [7, 11) is 0. The molecule has 0 atom stereocenters. The largest absolute Gasteiger partial charge is 0.340 e. The van der Waals surface area contributed by atoms with Gasteiger partial charge < -0.3 is 9.13 Å². The molecule has 0 amide bonds. The van der Waals surface area contributed by atoms with Gasteiger partial charge in [-0.1, -0.05) is 60.2 Å². The molecule has 3 heterocycles. The van der Waals surface area contributed by atoms with Crippen molar-refractivity contribution in [2.75, 3.05) is 4.43 Å². The summed E-state index contributed by atoms with van der Waals surface area (Å²) < 4.78 is 6.13.